The van der Waals surface area contributed by atoms with Gasteiger partial charge in [0.25, 0.3) is 5.56 Å². The van der Waals surface area contributed by atoms with Crippen LogP contribution >= 0.6 is 0 Å². The fourth-order valence-electron chi connectivity index (χ4n) is 2.69. The van der Waals surface area contributed by atoms with Crippen molar-refractivity contribution in [3.05, 3.63) is 27.2 Å². The molecule has 3 rings (SSSR count). The first-order chi connectivity index (χ1) is 9.89. The molecular weight excluding hydrogens is 272 g/mol. The molecule has 2 aromatic rings. The van der Waals surface area contributed by atoms with E-state index in [0.29, 0.717) is 43.4 Å². The summed E-state index contributed by atoms with van der Waals surface area (Å²) < 4.78 is 8.27. The van der Waals surface area contributed by atoms with Crippen LogP contribution in [0.1, 0.15) is 20.8 Å². The zero-order valence-corrected chi connectivity index (χ0v) is 12.5. The molecular formula is C14H20N4O3. The van der Waals surface area contributed by atoms with E-state index in [1.54, 1.807) is 6.33 Å². The van der Waals surface area contributed by atoms with Gasteiger partial charge in [0.1, 0.15) is 0 Å². The lowest BCUT2D eigenvalue weighted by Crippen LogP contribution is -2.48. The predicted octanol–water partition coefficient (Wildman–Crippen LogP) is 0.579. The molecule has 7 nitrogen and oxygen atoms in total. The molecule has 114 valence electrons. The van der Waals surface area contributed by atoms with E-state index in [0.717, 1.165) is 0 Å². The van der Waals surface area contributed by atoms with Crippen LogP contribution in [0.4, 0.5) is 0 Å². The van der Waals surface area contributed by atoms with Gasteiger partial charge in [0.05, 0.1) is 19.5 Å². The third-order valence-corrected chi connectivity index (χ3v) is 3.76. The SMILES string of the molecule is CC(C)Cn1cnc2[nH]c(=O)n(CC3(C)COC3)c(=O)c21. The summed E-state index contributed by atoms with van der Waals surface area (Å²) in [5.74, 6) is 0.389. The van der Waals surface area contributed by atoms with Gasteiger partial charge < -0.3 is 9.30 Å². The molecule has 0 saturated carbocycles. The van der Waals surface area contributed by atoms with Crippen LogP contribution in [0, 0.1) is 11.3 Å². The molecule has 1 N–H and O–H groups in total. The van der Waals surface area contributed by atoms with E-state index in [-0.39, 0.29) is 11.0 Å². The maximum atomic E-state index is 12.7. The maximum absolute atomic E-state index is 12.7. The molecule has 0 aromatic carbocycles. The molecule has 0 spiro atoms. The zero-order chi connectivity index (χ0) is 15.2. The van der Waals surface area contributed by atoms with Crippen molar-refractivity contribution in [1.82, 2.24) is 19.1 Å². The lowest BCUT2D eigenvalue weighted by atomic mass is 9.88. The van der Waals surface area contributed by atoms with Gasteiger partial charge in [-0.3, -0.25) is 14.3 Å². The maximum Gasteiger partial charge on any atom is 0.330 e. The molecule has 21 heavy (non-hydrogen) atoms. The van der Waals surface area contributed by atoms with Gasteiger partial charge in [-0.25, -0.2) is 9.78 Å². The summed E-state index contributed by atoms with van der Waals surface area (Å²) in [7, 11) is 0. The molecule has 1 fully saturated rings. The minimum absolute atomic E-state index is 0.145. The zero-order valence-electron chi connectivity index (χ0n) is 12.5. The van der Waals surface area contributed by atoms with E-state index in [4.69, 9.17) is 4.74 Å². The Morgan fingerprint density at radius 3 is 2.71 bits per heavy atom. The van der Waals surface area contributed by atoms with Crippen molar-refractivity contribution >= 4 is 11.2 Å². The normalized spacial score (nSPS) is 17.3. The van der Waals surface area contributed by atoms with Gasteiger partial charge >= 0.3 is 5.69 Å². The highest BCUT2D eigenvalue weighted by Gasteiger charge is 2.35. The average Bonchev–Trinajstić information content (AvgIpc) is 2.74. The van der Waals surface area contributed by atoms with Crippen LogP contribution in [0.15, 0.2) is 15.9 Å². The molecule has 0 unspecified atom stereocenters. The van der Waals surface area contributed by atoms with Gasteiger partial charge in [-0.15, -0.1) is 0 Å². The average molecular weight is 292 g/mol. The van der Waals surface area contributed by atoms with E-state index in [9.17, 15) is 9.59 Å². The number of nitrogens with zero attached hydrogens (tertiary/aromatic N) is 3. The van der Waals surface area contributed by atoms with E-state index in [2.05, 4.69) is 23.8 Å². The summed E-state index contributed by atoms with van der Waals surface area (Å²) in [6.45, 7) is 8.36. The van der Waals surface area contributed by atoms with Crippen LogP contribution in [0.3, 0.4) is 0 Å². The van der Waals surface area contributed by atoms with E-state index in [1.807, 2.05) is 11.5 Å². The summed E-state index contributed by atoms with van der Waals surface area (Å²) in [6.07, 6.45) is 1.61. The van der Waals surface area contributed by atoms with Gasteiger partial charge in [-0.05, 0) is 5.92 Å². The van der Waals surface area contributed by atoms with E-state index >= 15 is 0 Å². The number of nitrogens with one attached hydrogen (secondary N) is 1. The fourth-order valence-corrected chi connectivity index (χ4v) is 2.69. The van der Waals surface area contributed by atoms with Crippen LogP contribution < -0.4 is 11.2 Å². The number of ether oxygens (including phenoxy) is 1. The van der Waals surface area contributed by atoms with Crippen molar-refractivity contribution in [3.63, 3.8) is 0 Å². The number of aromatic nitrogens is 4. The molecule has 2 aromatic heterocycles. The van der Waals surface area contributed by atoms with Crippen LogP contribution in [0.5, 0.6) is 0 Å². The predicted molar refractivity (Wildman–Crippen MR) is 78.4 cm³/mol. The lowest BCUT2D eigenvalue weighted by molar-refractivity contribution is -0.111. The molecule has 0 radical (unpaired) electrons. The van der Waals surface area contributed by atoms with Crippen molar-refractivity contribution in [3.8, 4) is 0 Å². The largest absolute Gasteiger partial charge is 0.380 e. The molecule has 7 heteroatoms. The van der Waals surface area contributed by atoms with Crippen molar-refractivity contribution in [2.24, 2.45) is 11.3 Å². The Balaban J connectivity index is 2.12. The molecule has 0 bridgehead atoms. The second-order valence-electron chi connectivity index (χ2n) is 6.61. The third-order valence-electron chi connectivity index (χ3n) is 3.76. The number of aromatic amines is 1. The number of imidazole rings is 1. The molecule has 3 heterocycles. The van der Waals surface area contributed by atoms with Crippen LogP contribution in [-0.4, -0.2) is 32.3 Å². The molecule has 0 amide bonds. The Kier molecular flexibility index (Phi) is 3.24. The van der Waals surface area contributed by atoms with E-state index < -0.39 is 5.69 Å². The number of H-pyrrole nitrogens is 1. The summed E-state index contributed by atoms with van der Waals surface area (Å²) in [4.78, 5) is 31.6. The highest BCUT2D eigenvalue weighted by molar-refractivity contribution is 5.69. The minimum Gasteiger partial charge on any atom is -0.380 e. The van der Waals surface area contributed by atoms with Gasteiger partial charge in [-0.2, -0.15) is 0 Å². The molecule has 1 saturated heterocycles. The number of hydrogen-bond donors (Lipinski definition) is 1. The first kappa shape index (κ1) is 14.1. The number of rotatable bonds is 4. The molecule has 1 aliphatic heterocycles. The van der Waals surface area contributed by atoms with Crippen LogP contribution in [-0.2, 0) is 17.8 Å². The number of hydrogen-bond acceptors (Lipinski definition) is 4. The van der Waals surface area contributed by atoms with Crippen molar-refractivity contribution in [2.75, 3.05) is 13.2 Å². The van der Waals surface area contributed by atoms with Crippen LogP contribution in [0.2, 0.25) is 0 Å². The second kappa shape index (κ2) is 4.84. The summed E-state index contributed by atoms with van der Waals surface area (Å²) >= 11 is 0. The highest BCUT2D eigenvalue weighted by Crippen LogP contribution is 2.27. The van der Waals surface area contributed by atoms with Gasteiger partial charge in [0, 0.05) is 18.5 Å². The quantitative estimate of drug-likeness (QED) is 0.893. The van der Waals surface area contributed by atoms with E-state index in [1.165, 1.54) is 4.57 Å². The second-order valence-corrected chi connectivity index (χ2v) is 6.61. The summed E-state index contributed by atoms with van der Waals surface area (Å²) in [5.41, 5.74) is -0.00701. The Hall–Kier alpha value is -1.89. The monoisotopic (exact) mass is 292 g/mol. The standard InChI is InChI=1S/C14H20N4O3/c1-9(2)4-17-8-15-11-10(17)12(19)18(13(20)16-11)5-14(3)6-21-7-14/h8-9H,4-7H2,1-3H3,(H,16,20). The third kappa shape index (κ3) is 2.42. The Labute approximate surface area is 121 Å². The Morgan fingerprint density at radius 2 is 2.14 bits per heavy atom. The molecule has 0 atom stereocenters. The van der Waals surface area contributed by atoms with Crippen molar-refractivity contribution in [1.29, 1.82) is 0 Å². The van der Waals surface area contributed by atoms with Crippen molar-refractivity contribution < 1.29 is 4.74 Å². The number of fused-ring (bicyclic) bond motifs is 1. The molecule has 0 aliphatic carbocycles. The lowest BCUT2D eigenvalue weighted by Gasteiger charge is -2.37. The van der Waals surface area contributed by atoms with Crippen LogP contribution in [0.25, 0.3) is 11.2 Å². The Bertz CT molecular complexity index is 780. The highest BCUT2D eigenvalue weighted by atomic mass is 16.5. The minimum atomic E-state index is -0.407. The van der Waals surface area contributed by atoms with Gasteiger partial charge in [0.15, 0.2) is 11.2 Å². The Morgan fingerprint density at radius 1 is 1.43 bits per heavy atom. The summed E-state index contributed by atoms with van der Waals surface area (Å²) in [5, 5.41) is 0. The van der Waals surface area contributed by atoms with Gasteiger partial charge in [-0.1, -0.05) is 20.8 Å². The fraction of sp³-hybridized carbons (Fsp3) is 0.643. The summed E-state index contributed by atoms with van der Waals surface area (Å²) in [6, 6.07) is 0. The van der Waals surface area contributed by atoms with Crippen molar-refractivity contribution in [2.45, 2.75) is 33.9 Å². The smallest absolute Gasteiger partial charge is 0.330 e. The first-order valence-corrected chi connectivity index (χ1v) is 7.15. The van der Waals surface area contributed by atoms with Gasteiger partial charge in [0.2, 0.25) is 0 Å². The first-order valence-electron chi connectivity index (χ1n) is 7.15. The molecule has 1 aliphatic rings. The topological polar surface area (TPSA) is 81.9 Å².